The Morgan fingerprint density at radius 3 is 2.00 bits per heavy atom. The SMILES string of the molecule is Cc1c(F)cc(F)cc1Bc1c(F)cc(F)c(C)c1F. The summed E-state index contributed by atoms with van der Waals surface area (Å²) in [4.78, 5) is 0. The van der Waals surface area contributed by atoms with Crippen LogP contribution in [0, 0.1) is 42.9 Å². The monoisotopic (exact) mass is 284 g/mol. The summed E-state index contributed by atoms with van der Waals surface area (Å²) >= 11 is 0. The zero-order chi connectivity index (χ0) is 15.0. The lowest BCUT2D eigenvalue weighted by Crippen LogP contribution is -2.35. The highest BCUT2D eigenvalue weighted by Crippen LogP contribution is 2.12. The minimum Gasteiger partial charge on any atom is -0.207 e. The second-order valence-electron chi connectivity index (χ2n) is 4.61. The largest absolute Gasteiger partial charge is 0.207 e. The molecule has 0 spiro atoms. The molecule has 2 aromatic rings. The normalized spacial score (nSPS) is 10.8. The molecular formula is C14H10BF5. The van der Waals surface area contributed by atoms with Crippen LogP contribution >= 0.6 is 0 Å². The third-order valence-electron chi connectivity index (χ3n) is 3.28. The molecule has 0 radical (unpaired) electrons. The molecule has 0 fully saturated rings. The van der Waals surface area contributed by atoms with Crippen LogP contribution in [-0.4, -0.2) is 7.28 Å². The molecule has 0 atom stereocenters. The fourth-order valence-corrected chi connectivity index (χ4v) is 1.98. The van der Waals surface area contributed by atoms with Crippen molar-refractivity contribution in [1.82, 2.24) is 0 Å². The number of rotatable bonds is 2. The molecule has 0 saturated carbocycles. The molecule has 20 heavy (non-hydrogen) atoms. The van der Waals surface area contributed by atoms with Crippen LogP contribution in [-0.2, 0) is 0 Å². The molecule has 0 aliphatic rings. The zero-order valence-electron chi connectivity index (χ0n) is 10.8. The molecule has 0 saturated heterocycles. The molecule has 0 nitrogen and oxygen atoms in total. The first-order chi connectivity index (χ1) is 9.31. The molecule has 0 heterocycles. The lowest BCUT2D eigenvalue weighted by molar-refractivity contribution is 0.542. The van der Waals surface area contributed by atoms with E-state index in [1.54, 1.807) is 0 Å². The van der Waals surface area contributed by atoms with Crippen LogP contribution in [0.15, 0.2) is 18.2 Å². The van der Waals surface area contributed by atoms with Gasteiger partial charge in [-0.3, -0.25) is 0 Å². The van der Waals surface area contributed by atoms with E-state index in [4.69, 9.17) is 0 Å². The van der Waals surface area contributed by atoms with Gasteiger partial charge in [0, 0.05) is 17.7 Å². The van der Waals surface area contributed by atoms with Crippen LogP contribution in [0.2, 0.25) is 0 Å². The van der Waals surface area contributed by atoms with E-state index in [0.717, 1.165) is 6.07 Å². The van der Waals surface area contributed by atoms with Crippen molar-refractivity contribution < 1.29 is 22.0 Å². The summed E-state index contributed by atoms with van der Waals surface area (Å²) in [6.45, 7) is 2.56. The van der Waals surface area contributed by atoms with Crippen molar-refractivity contribution in [2.45, 2.75) is 13.8 Å². The van der Waals surface area contributed by atoms with Crippen molar-refractivity contribution in [3.8, 4) is 0 Å². The fraction of sp³-hybridized carbons (Fsp3) is 0.143. The maximum atomic E-state index is 13.9. The maximum absolute atomic E-state index is 13.9. The summed E-state index contributed by atoms with van der Waals surface area (Å²) in [7, 11) is -0.348. The number of hydrogen-bond acceptors (Lipinski definition) is 0. The average molecular weight is 284 g/mol. The van der Waals surface area contributed by atoms with E-state index in [0.29, 0.717) is 12.1 Å². The van der Waals surface area contributed by atoms with E-state index in [1.807, 2.05) is 0 Å². The summed E-state index contributed by atoms with van der Waals surface area (Å²) in [5.41, 5.74) is -0.508. The van der Waals surface area contributed by atoms with Crippen LogP contribution in [0.3, 0.4) is 0 Å². The van der Waals surface area contributed by atoms with Crippen molar-refractivity contribution in [1.29, 1.82) is 0 Å². The lowest BCUT2D eigenvalue weighted by atomic mass is 9.61. The minimum atomic E-state index is -1.07. The van der Waals surface area contributed by atoms with Crippen LogP contribution in [0.5, 0.6) is 0 Å². The van der Waals surface area contributed by atoms with Crippen molar-refractivity contribution in [3.05, 3.63) is 58.4 Å². The van der Waals surface area contributed by atoms with Gasteiger partial charge in [0.05, 0.1) is 0 Å². The predicted molar refractivity (Wildman–Crippen MR) is 68.6 cm³/mol. The molecule has 6 heteroatoms. The number of halogens is 5. The van der Waals surface area contributed by atoms with E-state index in [1.165, 1.54) is 13.8 Å². The first kappa shape index (κ1) is 14.6. The first-order valence-electron chi connectivity index (χ1n) is 5.88. The van der Waals surface area contributed by atoms with Crippen LogP contribution in [0.1, 0.15) is 11.1 Å². The van der Waals surface area contributed by atoms with Gasteiger partial charge in [-0.05, 0) is 30.9 Å². The summed E-state index contributed by atoms with van der Waals surface area (Å²) in [5, 5.41) is 0. The molecule has 0 bridgehead atoms. The Balaban J connectivity index is 2.54. The number of hydrogen-bond donors (Lipinski definition) is 0. The molecule has 0 aromatic heterocycles. The molecule has 2 aromatic carbocycles. The molecule has 0 N–H and O–H groups in total. The van der Waals surface area contributed by atoms with Crippen LogP contribution in [0.25, 0.3) is 0 Å². The van der Waals surface area contributed by atoms with E-state index in [-0.39, 0.29) is 23.9 Å². The first-order valence-corrected chi connectivity index (χ1v) is 5.88. The third kappa shape index (κ3) is 2.55. The van der Waals surface area contributed by atoms with Crippen LogP contribution < -0.4 is 10.9 Å². The van der Waals surface area contributed by atoms with Crippen molar-refractivity contribution >= 4 is 18.2 Å². The smallest absolute Gasteiger partial charge is 0.200 e. The predicted octanol–water partition coefficient (Wildman–Crippen LogP) is 2.39. The highest BCUT2D eigenvalue weighted by Gasteiger charge is 2.19. The average Bonchev–Trinajstić information content (AvgIpc) is 2.37. The third-order valence-corrected chi connectivity index (χ3v) is 3.28. The van der Waals surface area contributed by atoms with E-state index in [9.17, 15) is 22.0 Å². The van der Waals surface area contributed by atoms with Gasteiger partial charge in [-0.1, -0.05) is 5.46 Å². The minimum absolute atomic E-state index is 0.104. The number of benzene rings is 2. The summed E-state index contributed by atoms with van der Waals surface area (Å²) in [5.74, 6) is -4.73. The van der Waals surface area contributed by atoms with Gasteiger partial charge in [0.2, 0.25) is 7.28 Å². The van der Waals surface area contributed by atoms with Gasteiger partial charge >= 0.3 is 0 Å². The van der Waals surface area contributed by atoms with Crippen LogP contribution in [0.4, 0.5) is 22.0 Å². The second-order valence-corrected chi connectivity index (χ2v) is 4.61. The van der Waals surface area contributed by atoms with Crippen molar-refractivity contribution in [2.24, 2.45) is 0 Å². The quantitative estimate of drug-likeness (QED) is 0.587. The highest BCUT2D eigenvalue weighted by atomic mass is 19.2. The fourth-order valence-electron chi connectivity index (χ4n) is 1.98. The molecule has 0 aliphatic carbocycles. The molecule has 0 amide bonds. The second kappa shape index (κ2) is 5.27. The molecule has 0 unspecified atom stereocenters. The Morgan fingerprint density at radius 2 is 1.35 bits per heavy atom. The van der Waals surface area contributed by atoms with Crippen molar-refractivity contribution in [3.63, 3.8) is 0 Å². The van der Waals surface area contributed by atoms with Crippen molar-refractivity contribution in [2.75, 3.05) is 0 Å². The van der Waals surface area contributed by atoms with Gasteiger partial charge in [0.15, 0.2) is 0 Å². The van der Waals surface area contributed by atoms with Gasteiger partial charge in [-0.15, -0.1) is 0 Å². The molecule has 0 aliphatic heterocycles. The topological polar surface area (TPSA) is 0 Å². The van der Waals surface area contributed by atoms with Gasteiger partial charge in [0.1, 0.15) is 29.1 Å². The molecule has 104 valence electrons. The zero-order valence-corrected chi connectivity index (χ0v) is 10.8. The summed E-state index contributed by atoms with van der Waals surface area (Å²) in [6.07, 6.45) is 0. The summed E-state index contributed by atoms with van der Waals surface area (Å²) in [6, 6.07) is 2.27. The van der Waals surface area contributed by atoms with E-state index >= 15 is 0 Å². The van der Waals surface area contributed by atoms with E-state index < -0.39 is 34.5 Å². The molecule has 2 rings (SSSR count). The highest BCUT2D eigenvalue weighted by molar-refractivity contribution is 6.68. The van der Waals surface area contributed by atoms with Gasteiger partial charge in [-0.2, -0.15) is 0 Å². The van der Waals surface area contributed by atoms with Gasteiger partial charge in [0.25, 0.3) is 0 Å². The Hall–Kier alpha value is -1.85. The Kier molecular flexibility index (Phi) is 3.83. The standard InChI is InChI=1S/C14H10BF5/c1-6-9(3-8(16)4-10(6)17)15-13-12(19)5-11(18)7(2)14(13)20/h3-5,15H,1-2H3. The lowest BCUT2D eigenvalue weighted by Gasteiger charge is -2.10. The Morgan fingerprint density at radius 1 is 0.750 bits per heavy atom. The molecular weight excluding hydrogens is 274 g/mol. The Bertz CT molecular complexity index is 682. The Labute approximate surface area is 113 Å². The van der Waals surface area contributed by atoms with Gasteiger partial charge < -0.3 is 0 Å². The van der Waals surface area contributed by atoms with Gasteiger partial charge in [-0.25, -0.2) is 22.0 Å². The maximum Gasteiger partial charge on any atom is 0.200 e. The summed E-state index contributed by atoms with van der Waals surface area (Å²) < 4.78 is 67.3. The van der Waals surface area contributed by atoms with E-state index in [2.05, 4.69) is 0 Å².